The number of hydrogen-bond acceptors (Lipinski definition) is 3. The van der Waals surface area contributed by atoms with E-state index >= 15 is 0 Å². The number of benzene rings is 1. The highest BCUT2D eigenvalue weighted by Gasteiger charge is 2.06. The van der Waals surface area contributed by atoms with Gasteiger partial charge >= 0.3 is 0 Å². The fourth-order valence-electron chi connectivity index (χ4n) is 2.39. The normalized spacial score (nSPS) is 12.7. The van der Waals surface area contributed by atoms with E-state index in [2.05, 4.69) is 45.1 Å². The van der Waals surface area contributed by atoms with Crippen molar-refractivity contribution in [3.63, 3.8) is 0 Å². The maximum atomic E-state index is 5.98. The van der Waals surface area contributed by atoms with Gasteiger partial charge in [0.15, 0.2) is 5.96 Å². The fraction of sp³-hybridized carbons (Fsp3) is 0.474. The molecule has 0 fully saturated rings. The van der Waals surface area contributed by atoms with Crippen LogP contribution in [0.5, 0.6) is 5.75 Å². The smallest absolute Gasteiger partial charge is 0.191 e. The Bertz CT molecular complexity index is 639. The lowest BCUT2D eigenvalue weighted by atomic mass is 10.2. The fourth-order valence-corrected chi connectivity index (χ4v) is 2.39. The van der Waals surface area contributed by atoms with E-state index in [0.717, 1.165) is 43.3 Å². The Hall–Kier alpha value is -2.50. The predicted octanol–water partition coefficient (Wildman–Crippen LogP) is 2.60. The van der Waals surface area contributed by atoms with Crippen LogP contribution in [-0.2, 0) is 6.54 Å². The van der Waals surface area contributed by atoms with Gasteiger partial charge in [-0.2, -0.15) is 0 Å². The van der Waals surface area contributed by atoms with Crippen LogP contribution in [0, 0.1) is 6.92 Å². The zero-order chi connectivity index (χ0) is 17.9. The number of para-hydroxylation sites is 1. The number of nitrogens with zero attached hydrogens (tertiary/aromatic N) is 3. The number of nitrogens with one attached hydrogen (secondary N) is 2. The zero-order valence-electron chi connectivity index (χ0n) is 15.4. The van der Waals surface area contributed by atoms with E-state index in [1.165, 1.54) is 0 Å². The molecular formula is C19H29N5O. The van der Waals surface area contributed by atoms with Gasteiger partial charge < -0.3 is 19.9 Å². The summed E-state index contributed by atoms with van der Waals surface area (Å²) in [5, 5.41) is 6.63. The van der Waals surface area contributed by atoms with Crippen molar-refractivity contribution >= 4 is 5.96 Å². The van der Waals surface area contributed by atoms with Crippen molar-refractivity contribution in [2.75, 3.05) is 19.6 Å². The van der Waals surface area contributed by atoms with Gasteiger partial charge in [0, 0.05) is 32.0 Å². The minimum atomic E-state index is 0.0162. The van der Waals surface area contributed by atoms with Gasteiger partial charge in [-0.25, -0.2) is 9.98 Å². The molecule has 136 valence electrons. The third-order valence-corrected chi connectivity index (χ3v) is 3.72. The highest BCUT2D eigenvalue weighted by atomic mass is 16.5. The first-order chi connectivity index (χ1) is 12.2. The number of imidazole rings is 1. The van der Waals surface area contributed by atoms with E-state index in [4.69, 9.17) is 4.74 Å². The molecule has 1 unspecified atom stereocenters. The lowest BCUT2D eigenvalue weighted by Gasteiger charge is -2.16. The first-order valence-corrected chi connectivity index (χ1v) is 8.89. The molecule has 6 heteroatoms. The molecule has 0 saturated carbocycles. The second-order valence-electron chi connectivity index (χ2n) is 5.99. The van der Waals surface area contributed by atoms with E-state index in [0.29, 0.717) is 6.54 Å². The molecule has 0 bridgehead atoms. The van der Waals surface area contributed by atoms with Crippen molar-refractivity contribution in [3.8, 4) is 5.75 Å². The van der Waals surface area contributed by atoms with Gasteiger partial charge in [-0.15, -0.1) is 0 Å². The maximum Gasteiger partial charge on any atom is 0.191 e. The lowest BCUT2D eigenvalue weighted by molar-refractivity contribution is 0.228. The van der Waals surface area contributed by atoms with Crippen molar-refractivity contribution in [3.05, 3.63) is 48.5 Å². The molecule has 1 aromatic carbocycles. The molecule has 0 aliphatic carbocycles. The average molecular weight is 343 g/mol. The van der Waals surface area contributed by atoms with Crippen LogP contribution in [0.15, 0.2) is 48.0 Å². The van der Waals surface area contributed by atoms with Crippen LogP contribution in [0.2, 0.25) is 0 Å². The van der Waals surface area contributed by atoms with Crippen LogP contribution >= 0.6 is 0 Å². The highest BCUT2D eigenvalue weighted by Crippen LogP contribution is 2.17. The van der Waals surface area contributed by atoms with Gasteiger partial charge in [0.2, 0.25) is 0 Å². The first kappa shape index (κ1) is 18.8. The largest absolute Gasteiger partial charge is 0.489 e. The summed E-state index contributed by atoms with van der Waals surface area (Å²) in [6.07, 6.45) is 6.64. The van der Waals surface area contributed by atoms with E-state index in [1.807, 2.05) is 37.6 Å². The van der Waals surface area contributed by atoms with E-state index < -0.39 is 0 Å². The number of guanidine groups is 1. The first-order valence-electron chi connectivity index (χ1n) is 8.89. The Morgan fingerprint density at radius 2 is 2.16 bits per heavy atom. The molecule has 0 saturated heterocycles. The van der Waals surface area contributed by atoms with Crippen molar-refractivity contribution in [1.29, 1.82) is 0 Å². The number of aryl methyl sites for hydroxylation is 2. The molecule has 6 nitrogen and oxygen atoms in total. The lowest BCUT2D eigenvalue weighted by Crippen LogP contribution is -2.38. The van der Waals surface area contributed by atoms with Crippen LogP contribution in [0.4, 0.5) is 0 Å². The Kier molecular flexibility index (Phi) is 7.82. The van der Waals surface area contributed by atoms with Crippen LogP contribution in [-0.4, -0.2) is 41.2 Å². The quantitative estimate of drug-likeness (QED) is 0.417. The third kappa shape index (κ3) is 6.87. The minimum Gasteiger partial charge on any atom is -0.489 e. The summed E-state index contributed by atoms with van der Waals surface area (Å²) < 4.78 is 8.05. The predicted molar refractivity (Wildman–Crippen MR) is 102 cm³/mol. The number of ether oxygens (including phenoxy) is 1. The van der Waals surface area contributed by atoms with Crippen molar-refractivity contribution in [2.45, 2.75) is 39.8 Å². The highest BCUT2D eigenvalue weighted by molar-refractivity contribution is 5.79. The van der Waals surface area contributed by atoms with Crippen LogP contribution in [0.1, 0.15) is 25.8 Å². The summed E-state index contributed by atoms with van der Waals surface area (Å²) in [6, 6.07) is 8.05. The molecule has 2 N–H and O–H groups in total. The van der Waals surface area contributed by atoms with Gasteiger partial charge in [0.05, 0.1) is 12.9 Å². The van der Waals surface area contributed by atoms with Crippen LogP contribution in [0.25, 0.3) is 0 Å². The summed E-state index contributed by atoms with van der Waals surface area (Å²) in [6.45, 7) is 9.40. The SMILES string of the molecule is CCNC(=NCC(C)Oc1ccccc1C)NCCCn1ccnc1. The molecule has 0 aliphatic rings. The van der Waals surface area contributed by atoms with Gasteiger partial charge in [-0.1, -0.05) is 18.2 Å². The molecule has 2 rings (SSSR count). The minimum absolute atomic E-state index is 0.0162. The van der Waals surface area contributed by atoms with Crippen molar-refractivity contribution < 1.29 is 4.74 Å². The summed E-state index contributed by atoms with van der Waals surface area (Å²) >= 11 is 0. The van der Waals surface area contributed by atoms with Crippen LogP contribution in [0.3, 0.4) is 0 Å². The molecule has 0 aliphatic heterocycles. The summed E-state index contributed by atoms with van der Waals surface area (Å²) in [7, 11) is 0. The Morgan fingerprint density at radius 3 is 2.88 bits per heavy atom. The molecule has 1 atom stereocenters. The van der Waals surface area contributed by atoms with Gasteiger partial charge in [0.1, 0.15) is 11.9 Å². The number of hydrogen-bond donors (Lipinski definition) is 2. The number of rotatable bonds is 9. The van der Waals surface area contributed by atoms with E-state index in [1.54, 1.807) is 6.20 Å². The molecule has 1 heterocycles. The molecule has 0 spiro atoms. The summed E-state index contributed by atoms with van der Waals surface area (Å²) in [5.74, 6) is 1.75. The molecular weight excluding hydrogens is 314 g/mol. The monoisotopic (exact) mass is 343 g/mol. The van der Waals surface area contributed by atoms with Crippen molar-refractivity contribution in [2.24, 2.45) is 4.99 Å². The molecule has 25 heavy (non-hydrogen) atoms. The Morgan fingerprint density at radius 1 is 1.32 bits per heavy atom. The van der Waals surface area contributed by atoms with Gasteiger partial charge in [-0.3, -0.25) is 0 Å². The van der Waals surface area contributed by atoms with Crippen LogP contribution < -0.4 is 15.4 Å². The zero-order valence-corrected chi connectivity index (χ0v) is 15.4. The van der Waals surface area contributed by atoms with E-state index in [9.17, 15) is 0 Å². The third-order valence-electron chi connectivity index (χ3n) is 3.72. The number of aliphatic imine (C=N–C) groups is 1. The molecule has 2 aromatic rings. The average Bonchev–Trinajstić information content (AvgIpc) is 3.12. The summed E-state index contributed by atoms with van der Waals surface area (Å²) in [5.41, 5.74) is 1.14. The van der Waals surface area contributed by atoms with E-state index in [-0.39, 0.29) is 6.10 Å². The van der Waals surface area contributed by atoms with Gasteiger partial charge in [-0.05, 0) is 38.8 Å². The standard InChI is InChI=1S/C19H29N5O/c1-4-21-19(22-10-7-12-24-13-11-20-15-24)23-14-17(3)25-18-9-6-5-8-16(18)2/h5-6,8-9,11,13,15,17H,4,7,10,12,14H2,1-3H3,(H2,21,22,23). The second kappa shape index (κ2) is 10.4. The van der Waals surface area contributed by atoms with Crippen molar-refractivity contribution in [1.82, 2.24) is 20.2 Å². The second-order valence-corrected chi connectivity index (χ2v) is 5.99. The molecule has 0 amide bonds. The number of aromatic nitrogens is 2. The Balaban J connectivity index is 1.76. The van der Waals surface area contributed by atoms with Gasteiger partial charge in [0.25, 0.3) is 0 Å². The molecule has 0 radical (unpaired) electrons. The molecule has 1 aromatic heterocycles. The summed E-state index contributed by atoms with van der Waals surface area (Å²) in [4.78, 5) is 8.67. The Labute approximate surface area is 150 Å². The maximum absolute atomic E-state index is 5.98. The topological polar surface area (TPSA) is 63.5 Å².